The van der Waals surface area contributed by atoms with E-state index in [-0.39, 0.29) is 39.2 Å². The molecule has 0 amide bonds. The van der Waals surface area contributed by atoms with Crippen LogP contribution in [0.15, 0.2) is 125 Å². The Bertz CT molecular complexity index is 1720. The Kier molecular flexibility index (Phi) is 7.49. The van der Waals surface area contributed by atoms with Crippen LogP contribution in [0.25, 0.3) is 0 Å². The van der Waals surface area contributed by atoms with Crippen molar-refractivity contribution in [1.29, 1.82) is 0 Å². The fourth-order valence-electron chi connectivity index (χ4n) is 5.76. The molecule has 1 heterocycles. The zero-order valence-electron chi connectivity index (χ0n) is 23.2. The summed E-state index contributed by atoms with van der Waals surface area (Å²) in [6, 6.07) is 33.6. The lowest BCUT2D eigenvalue weighted by Crippen LogP contribution is -2.50. The van der Waals surface area contributed by atoms with E-state index >= 15 is 0 Å². The summed E-state index contributed by atoms with van der Waals surface area (Å²) in [7, 11) is -4.12. The summed E-state index contributed by atoms with van der Waals surface area (Å²) in [6.45, 7) is 3.98. The lowest BCUT2D eigenvalue weighted by Gasteiger charge is -2.42. The number of carbonyl (C=O) groups is 2. The monoisotopic (exact) mass is 577 g/mol. The number of ketones is 2. The van der Waals surface area contributed by atoms with E-state index in [1.165, 1.54) is 23.3 Å². The van der Waals surface area contributed by atoms with Crippen molar-refractivity contribution in [3.63, 3.8) is 0 Å². The summed E-state index contributed by atoms with van der Waals surface area (Å²) in [6.07, 6.45) is 0. The van der Waals surface area contributed by atoms with Gasteiger partial charge in [0, 0.05) is 37.3 Å². The van der Waals surface area contributed by atoms with Crippen LogP contribution in [0.3, 0.4) is 0 Å². The van der Waals surface area contributed by atoms with Crippen molar-refractivity contribution in [3.8, 4) is 0 Å². The maximum absolute atomic E-state index is 13.9. The Morgan fingerprint density at radius 1 is 0.643 bits per heavy atom. The number of rotatable bonds is 7. The van der Waals surface area contributed by atoms with Gasteiger partial charge in [0.25, 0.3) is 10.0 Å². The van der Waals surface area contributed by atoms with Gasteiger partial charge in [0.2, 0.25) is 11.6 Å². The standard InChI is InChI=1S/C34H31N3O4S/c1-24-16-18-27(19-17-24)42(40,41)35-30-32(34(39)29-15-9-8-14-28(29)33(30)38)37-22-20-36(21-23-37)31(25-10-4-2-5-11-25)26-12-6-3-7-13-26/h2-19,31,35H,20-23H2,1H3. The van der Waals surface area contributed by atoms with Crippen molar-refractivity contribution in [2.75, 3.05) is 26.2 Å². The van der Waals surface area contributed by atoms with E-state index in [0.29, 0.717) is 26.2 Å². The Hall–Kier alpha value is -4.53. The predicted molar refractivity (Wildman–Crippen MR) is 162 cm³/mol. The largest absolute Gasteiger partial charge is 0.364 e. The quantitative estimate of drug-likeness (QED) is 0.334. The molecular formula is C34H31N3O4S. The maximum Gasteiger partial charge on any atom is 0.262 e. The average Bonchev–Trinajstić information content (AvgIpc) is 3.02. The van der Waals surface area contributed by atoms with Crippen molar-refractivity contribution in [2.24, 2.45) is 0 Å². The minimum absolute atomic E-state index is 0.0208. The highest BCUT2D eigenvalue weighted by Gasteiger charge is 2.39. The van der Waals surface area contributed by atoms with Gasteiger partial charge in [0.05, 0.1) is 10.9 Å². The van der Waals surface area contributed by atoms with Crippen LogP contribution < -0.4 is 4.72 Å². The molecule has 1 N–H and O–H groups in total. The van der Waals surface area contributed by atoms with Gasteiger partial charge < -0.3 is 4.90 Å². The van der Waals surface area contributed by atoms with E-state index in [2.05, 4.69) is 33.9 Å². The number of aryl methyl sites for hydroxylation is 1. The van der Waals surface area contributed by atoms with Crippen LogP contribution in [-0.4, -0.2) is 56.0 Å². The number of nitrogens with zero attached hydrogens (tertiary/aromatic N) is 2. The molecule has 42 heavy (non-hydrogen) atoms. The smallest absolute Gasteiger partial charge is 0.262 e. The van der Waals surface area contributed by atoms with Crippen LogP contribution in [-0.2, 0) is 10.0 Å². The van der Waals surface area contributed by atoms with Gasteiger partial charge in [-0.25, -0.2) is 8.42 Å². The molecule has 4 aromatic carbocycles. The molecule has 2 aliphatic rings. The number of fused-ring (bicyclic) bond motifs is 1. The third-order valence-electron chi connectivity index (χ3n) is 7.89. The second-order valence-corrected chi connectivity index (χ2v) is 12.3. The van der Waals surface area contributed by atoms with Gasteiger partial charge in [-0.2, -0.15) is 0 Å². The van der Waals surface area contributed by atoms with Gasteiger partial charge in [-0.05, 0) is 30.2 Å². The third-order valence-corrected chi connectivity index (χ3v) is 9.25. The molecule has 0 bridgehead atoms. The highest BCUT2D eigenvalue weighted by Crippen LogP contribution is 2.33. The summed E-state index contributed by atoms with van der Waals surface area (Å²) in [5.41, 5.74) is 3.63. The predicted octanol–water partition coefficient (Wildman–Crippen LogP) is 4.97. The molecule has 1 fully saturated rings. The molecule has 212 valence electrons. The number of piperazine rings is 1. The number of nitrogens with one attached hydrogen (secondary N) is 1. The summed E-state index contributed by atoms with van der Waals surface area (Å²) < 4.78 is 29.4. The summed E-state index contributed by atoms with van der Waals surface area (Å²) in [5, 5.41) is 0. The van der Waals surface area contributed by atoms with Gasteiger partial charge in [-0.3, -0.25) is 19.2 Å². The molecule has 0 atom stereocenters. The summed E-state index contributed by atoms with van der Waals surface area (Å²) in [4.78, 5) is 31.9. The van der Waals surface area contributed by atoms with Crippen molar-refractivity contribution in [1.82, 2.24) is 14.5 Å². The molecule has 0 unspecified atom stereocenters. The lowest BCUT2D eigenvalue weighted by molar-refractivity contribution is 0.0879. The molecular weight excluding hydrogens is 546 g/mol. The molecule has 0 radical (unpaired) electrons. The van der Waals surface area contributed by atoms with Gasteiger partial charge in [0.15, 0.2) is 0 Å². The minimum Gasteiger partial charge on any atom is -0.364 e. The van der Waals surface area contributed by atoms with E-state index in [4.69, 9.17) is 0 Å². The molecule has 0 aromatic heterocycles. The molecule has 0 saturated carbocycles. The Labute approximate surface area is 246 Å². The second-order valence-electron chi connectivity index (χ2n) is 10.6. The molecule has 6 rings (SSSR count). The van der Waals surface area contributed by atoms with E-state index in [1.807, 2.05) is 48.2 Å². The first-order chi connectivity index (χ1) is 20.3. The molecule has 1 saturated heterocycles. The average molecular weight is 578 g/mol. The first kappa shape index (κ1) is 27.6. The van der Waals surface area contributed by atoms with Gasteiger partial charge in [0.1, 0.15) is 11.4 Å². The van der Waals surface area contributed by atoms with E-state index in [9.17, 15) is 18.0 Å². The van der Waals surface area contributed by atoms with Crippen LogP contribution in [0.1, 0.15) is 43.4 Å². The van der Waals surface area contributed by atoms with Crippen LogP contribution in [0.2, 0.25) is 0 Å². The Balaban J connectivity index is 1.34. The lowest BCUT2D eigenvalue weighted by atomic mass is 9.89. The first-order valence-corrected chi connectivity index (χ1v) is 15.4. The van der Waals surface area contributed by atoms with Crippen LogP contribution in [0.5, 0.6) is 0 Å². The third kappa shape index (κ3) is 5.26. The normalized spacial score (nSPS) is 16.1. The zero-order chi connectivity index (χ0) is 29.3. The zero-order valence-corrected chi connectivity index (χ0v) is 24.1. The number of benzene rings is 4. The van der Waals surface area contributed by atoms with Gasteiger partial charge in [-0.1, -0.05) is 103 Å². The topological polar surface area (TPSA) is 86.8 Å². The first-order valence-electron chi connectivity index (χ1n) is 13.9. The molecule has 0 spiro atoms. The Morgan fingerprint density at radius 3 is 1.69 bits per heavy atom. The summed E-state index contributed by atoms with van der Waals surface area (Å²) in [5.74, 6) is -0.868. The van der Waals surface area contributed by atoms with Crippen molar-refractivity contribution < 1.29 is 18.0 Å². The highest BCUT2D eigenvalue weighted by atomic mass is 32.2. The highest BCUT2D eigenvalue weighted by molar-refractivity contribution is 7.89. The van der Waals surface area contributed by atoms with Gasteiger partial charge in [-0.15, -0.1) is 0 Å². The molecule has 1 aliphatic heterocycles. The van der Waals surface area contributed by atoms with Crippen LogP contribution >= 0.6 is 0 Å². The second kappa shape index (κ2) is 11.4. The molecule has 4 aromatic rings. The molecule has 8 heteroatoms. The fourth-order valence-corrected chi connectivity index (χ4v) is 6.83. The number of hydrogen-bond acceptors (Lipinski definition) is 6. The molecule has 7 nitrogen and oxygen atoms in total. The van der Waals surface area contributed by atoms with Crippen LogP contribution in [0, 0.1) is 6.92 Å². The van der Waals surface area contributed by atoms with Crippen molar-refractivity contribution in [3.05, 3.63) is 148 Å². The van der Waals surface area contributed by atoms with Gasteiger partial charge >= 0.3 is 0 Å². The maximum atomic E-state index is 13.9. The van der Waals surface area contributed by atoms with Crippen molar-refractivity contribution >= 4 is 21.6 Å². The SMILES string of the molecule is Cc1ccc(S(=O)(=O)NC2=C(N3CCN(C(c4ccccc4)c4ccccc4)CC3)C(=O)c3ccccc3C2=O)cc1. The number of hydrogen-bond donors (Lipinski definition) is 1. The molecule has 1 aliphatic carbocycles. The van der Waals surface area contributed by atoms with Crippen molar-refractivity contribution in [2.45, 2.75) is 17.9 Å². The summed E-state index contributed by atoms with van der Waals surface area (Å²) >= 11 is 0. The van der Waals surface area contributed by atoms with E-state index in [1.54, 1.807) is 36.4 Å². The van der Waals surface area contributed by atoms with Crippen LogP contribution in [0.4, 0.5) is 0 Å². The number of sulfonamides is 1. The number of allylic oxidation sites excluding steroid dienone is 2. The fraction of sp³-hybridized carbons (Fsp3) is 0.176. The number of carbonyl (C=O) groups excluding carboxylic acids is 2. The number of Topliss-reactive ketones (excluding diaryl/α,β-unsaturated/α-hetero) is 2. The minimum atomic E-state index is -4.12. The Morgan fingerprint density at radius 2 is 1.14 bits per heavy atom. The van der Waals surface area contributed by atoms with E-state index in [0.717, 1.165) is 5.56 Å². The van der Waals surface area contributed by atoms with E-state index < -0.39 is 15.8 Å².